The van der Waals surface area contributed by atoms with Gasteiger partial charge in [0, 0.05) is 5.39 Å². The number of nitrogens with one attached hydrogen (secondary N) is 1. The summed E-state index contributed by atoms with van der Waals surface area (Å²) < 4.78 is 16.4. The molecule has 0 radical (unpaired) electrons. The van der Waals surface area contributed by atoms with E-state index in [9.17, 15) is 4.21 Å². The Morgan fingerprint density at radius 3 is 3.00 bits per heavy atom. The Morgan fingerprint density at radius 2 is 2.23 bits per heavy atom. The minimum absolute atomic E-state index is 0.602. The highest BCUT2D eigenvalue weighted by Gasteiger charge is 2.03. The molecule has 0 aliphatic heterocycles. The molecule has 1 heterocycles. The number of fused-ring (bicyclic) bond motifs is 1. The van der Waals surface area contributed by atoms with Crippen LogP contribution in [-0.2, 0) is 11.0 Å². The predicted octanol–water partition coefficient (Wildman–Crippen LogP) is 0.919. The van der Waals surface area contributed by atoms with Crippen molar-refractivity contribution in [2.75, 3.05) is 0 Å². The van der Waals surface area contributed by atoms with Crippen LogP contribution in [0.25, 0.3) is 11.0 Å². The molecule has 68 valence electrons. The van der Waals surface area contributed by atoms with E-state index < -0.39 is 11.0 Å². The molecule has 4 nitrogen and oxygen atoms in total. The molecule has 5 heteroatoms. The van der Waals surface area contributed by atoms with E-state index in [-0.39, 0.29) is 0 Å². The predicted molar refractivity (Wildman–Crippen MR) is 49.9 cm³/mol. The molecule has 1 aromatic heterocycles. The average Bonchev–Trinajstić information content (AvgIpc) is 2.63. The van der Waals surface area contributed by atoms with Crippen molar-refractivity contribution in [1.29, 1.82) is 0 Å². The molecular formula is C8H8N2O2S. The molecule has 13 heavy (non-hydrogen) atoms. The van der Waals surface area contributed by atoms with Gasteiger partial charge in [0.2, 0.25) is 0 Å². The van der Waals surface area contributed by atoms with Crippen LogP contribution in [0.5, 0.6) is 0 Å². The second kappa shape index (κ2) is 3.29. The third kappa shape index (κ3) is 1.49. The standard InChI is InChI=1S/C8H8N2O2S/c9-10-13(11)7-2-1-6-3-4-12-8(6)5-7/h1-5,10H,9H2. The molecule has 1 aromatic carbocycles. The normalized spacial score (nSPS) is 13.3. The number of nitrogens with two attached hydrogens (primary N) is 1. The topological polar surface area (TPSA) is 68.3 Å². The second-order valence-corrected chi connectivity index (χ2v) is 3.75. The third-order valence-electron chi connectivity index (χ3n) is 1.75. The largest absolute Gasteiger partial charge is 0.464 e. The van der Waals surface area contributed by atoms with Crippen molar-refractivity contribution >= 4 is 22.0 Å². The summed E-state index contributed by atoms with van der Waals surface area (Å²) in [4.78, 5) is 2.77. The average molecular weight is 196 g/mol. The molecule has 0 aliphatic rings. The fraction of sp³-hybridized carbons (Fsp3) is 0. The first-order valence-corrected chi connectivity index (χ1v) is 4.81. The number of benzene rings is 1. The van der Waals surface area contributed by atoms with Gasteiger partial charge in [-0.1, -0.05) is 0 Å². The van der Waals surface area contributed by atoms with Crippen LogP contribution in [0.3, 0.4) is 0 Å². The summed E-state index contributed by atoms with van der Waals surface area (Å²) in [5, 5.41) is 0.984. The number of hydrogen-bond donors (Lipinski definition) is 2. The van der Waals surface area contributed by atoms with Crippen molar-refractivity contribution in [1.82, 2.24) is 4.83 Å². The van der Waals surface area contributed by atoms with Gasteiger partial charge in [0.1, 0.15) is 16.6 Å². The number of hydrogen-bond acceptors (Lipinski definition) is 3. The van der Waals surface area contributed by atoms with Gasteiger partial charge in [0.15, 0.2) is 0 Å². The minimum atomic E-state index is -1.36. The molecule has 0 amide bonds. The maximum Gasteiger partial charge on any atom is 0.138 e. The van der Waals surface area contributed by atoms with Crippen LogP contribution in [0.4, 0.5) is 0 Å². The highest BCUT2D eigenvalue weighted by Crippen LogP contribution is 2.18. The smallest absolute Gasteiger partial charge is 0.138 e. The van der Waals surface area contributed by atoms with Crippen molar-refractivity contribution in [2.45, 2.75) is 4.90 Å². The Bertz CT molecular complexity index is 452. The molecule has 0 saturated heterocycles. The summed E-state index contributed by atoms with van der Waals surface area (Å²) in [5.41, 5.74) is 0.709. The molecule has 3 N–H and O–H groups in total. The van der Waals surface area contributed by atoms with Crippen molar-refractivity contribution in [3.8, 4) is 0 Å². The quantitative estimate of drug-likeness (QED) is 0.554. The monoisotopic (exact) mass is 196 g/mol. The lowest BCUT2D eigenvalue weighted by Gasteiger charge is -1.98. The Morgan fingerprint density at radius 1 is 1.38 bits per heavy atom. The highest BCUT2D eigenvalue weighted by molar-refractivity contribution is 7.83. The van der Waals surface area contributed by atoms with Crippen LogP contribution in [0.2, 0.25) is 0 Å². The maximum atomic E-state index is 11.2. The van der Waals surface area contributed by atoms with Gasteiger partial charge < -0.3 is 4.42 Å². The molecule has 0 aliphatic carbocycles. The summed E-state index contributed by atoms with van der Waals surface area (Å²) in [6, 6.07) is 7.13. The van der Waals surface area contributed by atoms with Crippen LogP contribution in [0.15, 0.2) is 39.8 Å². The lowest BCUT2D eigenvalue weighted by Crippen LogP contribution is -2.24. The Hall–Kier alpha value is -1.17. The van der Waals surface area contributed by atoms with Gasteiger partial charge in [-0.15, -0.1) is 0 Å². The summed E-state index contributed by atoms with van der Waals surface area (Å²) >= 11 is 0. The molecule has 1 unspecified atom stereocenters. The van der Waals surface area contributed by atoms with Crippen LogP contribution in [0.1, 0.15) is 0 Å². The van der Waals surface area contributed by atoms with Crippen LogP contribution in [0, 0.1) is 0 Å². The zero-order chi connectivity index (χ0) is 9.26. The van der Waals surface area contributed by atoms with Gasteiger partial charge in [-0.25, -0.2) is 4.21 Å². The van der Waals surface area contributed by atoms with Crippen molar-refractivity contribution < 1.29 is 8.63 Å². The fourth-order valence-corrected chi connectivity index (χ4v) is 1.66. The van der Waals surface area contributed by atoms with E-state index in [0.29, 0.717) is 10.5 Å². The number of furan rings is 1. The Balaban J connectivity index is 2.54. The van der Waals surface area contributed by atoms with Crippen LogP contribution >= 0.6 is 0 Å². The van der Waals surface area contributed by atoms with Gasteiger partial charge in [-0.05, 0) is 24.3 Å². The third-order valence-corrected chi connectivity index (χ3v) is 2.64. The first-order chi connectivity index (χ1) is 6.31. The van der Waals surface area contributed by atoms with E-state index >= 15 is 0 Å². The molecule has 0 fully saturated rings. The molecule has 0 spiro atoms. The van der Waals surface area contributed by atoms with Gasteiger partial charge in [-0.3, -0.25) is 5.84 Å². The zero-order valence-electron chi connectivity index (χ0n) is 6.69. The SMILES string of the molecule is NNS(=O)c1ccc2ccoc2c1. The van der Waals surface area contributed by atoms with Crippen LogP contribution in [-0.4, -0.2) is 4.21 Å². The zero-order valence-corrected chi connectivity index (χ0v) is 7.51. The lowest BCUT2D eigenvalue weighted by atomic mass is 10.3. The van der Waals surface area contributed by atoms with Crippen molar-refractivity contribution in [3.05, 3.63) is 30.5 Å². The van der Waals surface area contributed by atoms with E-state index in [1.54, 1.807) is 18.4 Å². The van der Waals surface area contributed by atoms with Gasteiger partial charge in [-0.2, -0.15) is 4.83 Å². The highest BCUT2D eigenvalue weighted by atomic mass is 32.2. The van der Waals surface area contributed by atoms with E-state index in [1.165, 1.54) is 0 Å². The van der Waals surface area contributed by atoms with Crippen LogP contribution < -0.4 is 10.7 Å². The Kier molecular flexibility index (Phi) is 2.13. The Labute approximate surface area is 77.3 Å². The molecular weight excluding hydrogens is 188 g/mol. The van der Waals surface area contributed by atoms with Crippen molar-refractivity contribution in [2.24, 2.45) is 5.84 Å². The van der Waals surface area contributed by atoms with Gasteiger partial charge in [0.05, 0.1) is 11.2 Å². The molecule has 2 rings (SSSR count). The molecule has 1 atom stereocenters. The molecule has 0 saturated carbocycles. The second-order valence-electron chi connectivity index (χ2n) is 2.51. The first kappa shape index (κ1) is 8.43. The summed E-state index contributed by atoms with van der Waals surface area (Å²) in [5.74, 6) is 5.04. The number of hydrazine groups is 1. The van der Waals surface area contributed by atoms with Gasteiger partial charge in [0.25, 0.3) is 0 Å². The van der Waals surface area contributed by atoms with E-state index in [4.69, 9.17) is 10.3 Å². The summed E-state index contributed by atoms with van der Waals surface area (Å²) in [7, 11) is -1.36. The summed E-state index contributed by atoms with van der Waals surface area (Å²) in [6.07, 6.45) is 1.59. The fourth-order valence-electron chi connectivity index (χ4n) is 1.12. The van der Waals surface area contributed by atoms with E-state index in [2.05, 4.69) is 4.83 Å². The first-order valence-electron chi connectivity index (χ1n) is 3.66. The molecule has 0 bridgehead atoms. The van der Waals surface area contributed by atoms with Gasteiger partial charge >= 0.3 is 0 Å². The number of rotatable bonds is 2. The molecule has 2 aromatic rings. The van der Waals surface area contributed by atoms with E-state index in [1.807, 2.05) is 12.1 Å². The van der Waals surface area contributed by atoms with E-state index in [0.717, 1.165) is 5.39 Å². The summed E-state index contributed by atoms with van der Waals surface area (Å²) in [6.45, 7) is 0. The maximum absolute atomic E-state index is 11.2. The lowest BCUT2D eigenvalue weighted by molar-refractivity contribution is 0.614. The minimum Gasteiger partial charge on any atom is -0.464 e. The van der Waals surface area contributed by atoms with Crippen molar-refractivity contribution in [3.63, 3.8) is 0 Å².